The zero-order chi connectivity index (χ0) is 12.0. The van der Waals surface area contributed by atoms with Gasteiger partial charge in [-0.1, -0.05) is 6.42 Å². The van der Waals surface area contributed by atoms with E-state index in [9.17, 15) is 9.59 Å². The molecule has 1 N–H and O–H groups in total. The maximum atomic E-state index is 12.3. The van der Waals surface area contributed by atoms with Crippen molar-refractivity contribution in [1.82, 2.24) is 4.90 Å². The number of rotatable bonds is 2. The normalized spacial score (nSPS) is 39.9. The Morgan fingerprint density at radius 1 is 1.06 bits per heavy atom. The number of hydrogen-bond acceptors (Lipinski definition) is 2. The molecule has 4 nitrogen and oxygen atoms in total. The Kier molecular flexibility index (Phi) is 2.60. The first-order valence-corrected chi connectivity index (χ1v) is 6.70. The van der Waals surface area contributed by atoms with E-state index in [4.69, 9.17) is 5.11 Å². The van der Waals surface area contributed by atoms with Gasteiger partial charge in [-0.2, -0.15) is 0 Å². The molecule has 1 amide bonds. The molecule has 17 heavy (non-hydrogen) atoms. The van der Waals surface area contributed by atoms with Gasteiger partial charge < -0.3 is 10.0 Å². The van der Waals surface area contributed by atoms with Crippen molar-refractivity contribution in [3.05, 3.63) is 0 Å². The van der Waals surface area contributed by atoms with Gasteiger partial charge in [-0.25, -0.2) is 0 Å². The molecule has 0 aromatic heterocycles. The number of carbonyl (C=O) groups excluding carboxylic acids is 1. The van der Waals surface area contributed by atoms with Gasteiger partial charge in [-0.3, -0.25) is 9.59 Å². The third-order valence-corrected chi connectivity index (χ3v) is 4.77. The molecule has 0 aromatic rings. The van der Waals surface area contributed by atoms with Crippen molar-refractivity contribution in [2.45, 2.75) is 32.1 Å². The molecule has 2 aliphatic carbocycles. The minimum absolute atomic E-state index is 0.241. The second-order valence-electron chi connectivity index (χ2n) is 5.75. The zero-order valence-corrected chi connectivity index (χ0v) is 9.97. The van der Waals surface area contributed by atoms with Gasteiger partial charge in [0.25, 0.3) is 0 Å². The van der Waals surface area contributed by atoms with Crippen LogP contribution in [0, 0.1) is 23.7 Å². The van der Waals surface area contributed by atoms with Crippen LogP contribution in [0.2, 0.25) is 0 Å². The molecule has 3 aliphatic rings. The van der Waals surface area contributed by atoms with Crippen LogP contribution in [0.25, 0.3) is 0 Å². The van der Waals surface area contributed by atoms with Crippen LogP contribution in [0.4, 0.5) is 0 Å². The molecule has 1 aliphatic heterocycles. The number of nitrogens with zero attached hydrogens (tertiary/aromatic N) is 1. The van der Waals surface area contributed by atoms with Crippen molar-refractivity contribution in [2.24, 2.45) is 23.7 Å². The third-order valence-electron chi connectivity index (χ3n) is 4.77. The number of amides is 1. The molecule has 3 fully saturated rings. The van der Waals surface area contributed by atoms with E-state index < -0.39 is 5.97 Å². The largest absolute Gasteiger partial charge is 0.481 e. The van der Waals surface area contributed by atoms with Crippen LogP contribution in [0.1, 0.15) is 32.1 Å². The average Bonchev–Trinajstić information content (AvgIpc) is 2.81. The van der Waals surface area contributed by atoms with Gasteiger partial charge in [0.1, 0.15) is 0 Å². The number of hydrogen-bond donors (Lipinski definition) is 1. The van der Waals surface area contributed by atoms with Gasteiger partial charge in [-0.05, 0) is 37.5 Å². The summed E-state index contributed by atoms with van der Waals surface area (Å²) < 4.78 is 0. The van der Waals surface area contributed by atoms with Crippen LogP contribution < -0.4 is 0 Å². The van der Waals surface area contributed by atoms with E-state index in [-0.39, 0.29) is 17.7 Å². The van der Waals surface area contributed by atoms with Crippen LogP contribution in [0.5, 0.6) is 0 Å². The summed E-state index contributed by atoms with van der Waals surface area (Å²) in [5.41, 5.74) is 0. The predicted molar refractivity (Wildman–Crippen MR) is 61.3 cm³/mol. The van der Waals surface area contributed by atoms with Gasteiger partial charge in [0.15, 0.2) is 0 Å². The van der Waals surface area contributed by atoms with Crippen molar-refractivity contribution < 1.29 is 14.7 Å². The summed E-state index contributed by atoms with van der Waals surface area (Å²) in [6.45, 7) is 1.20. The second kappa shape index (κ2) is 4.00. The average molecular weight is 237 g/mol. The van der Waals surface area contributed by atoms with Crippen LogP contribution in [0.3, 0.4) is 0 Å². The number of fused-ring (bicyclic) bond motifs is 1. The summed E-state index contributed by atoms with van der Waals surface area (Å²) in [6, 6.07) is 0. The van der Waals surface area contributed by atoms with Gasteiger partial charge in [0.05, 0.1) is 5.92 Å². The number of carboxylic acid groups (broad SMARTS) is 1. The van der Waals surface area contributed by atoms with E-state index >= 15 is 0 Å². The first-order valence-electron chi connectivity index (χ1n) is 6.70. The number of carboxylic acids is 1. The van der Waals surface area contributed by atoms with E-state index in [1.54, 1.807) is 0 Å². The first-order chi connectivity index (χ1) is 8.18. The Morgan fingerprint density at radius 2 is 1.76 bits per heavy atom. The van der Waals surface area contributed by atoms with E-state index in [2.05, 4.69) is 0 Å². The lowest BCUT2D eigenvalue weighted by atomic mass is 9.97. The zero-order valence-electron chi connectivity index (χ0n) is 9.97. The van der Waals surface area contributed by atoms with E-state index in [0.29, 0.717) is 18.4 Å². The van der Waals surface area contributed by atoms with E-state index in [1.807, 2.05) is 4.90 Å². The Balaban J connectivity index is 1.60. The predicted octanol–water partition coefficient (Wildman–Crippen LogP) is 1.36. The molecular formula is C13H19NO3. The minimum Gasteiger partial charge on any atom is -0.481 e. The number of piperidine rings is 1. The molecule has 3 rings (SSSR count). The molecule has 1 saturated heterocycles. The summed E-state index contributed by atoms with van der Waals surface area (Å²) in [4.78, 5) is 25.1. The molecule has 4 heteroatoms. The van der Waals surface area contributed by atoms with E-state index in [0.717, 1.165) is 19.4 Å². The molecule has 2 saturated carbocycles. The minimum atomic E-state index is -0.751. The fourth-order valence-corrected chi connectivity index (χ4v) is 3.78. The van der Waals surface area contributed by atoms with Gasteiger partial charge in [-0.15, -0.1) is 0 Å². The third kappa shape index (κ3) is 1.83. The lowest BCUT2D eigenvalue weighted by molar-refractivity contribution is -0.146. The molecule has 0 aromatic carbocycles. The standard InChI is InChI=1S/C13H19NO3/c15-12(11-9-4-1-5-10(9)11)14-6-2-3-8(7-14)13(16)17/h8-11H,1-7H2,(H,16,17). The first kappa shape index (κ1) is 11.1. The Labute approximate surface area is 101 Å². The Morgan fingerprint density at radius 3 is 2.41 bits per heavy atom. The van der Waals surface area contributed by atoms with Crippen molar-refractivity contribution in [3.63, 3.8) is 0 Å². The molecule has 3 unspecified atom stereocenters. The summed E-state index contributed by atoms with van der Waals surface area (Å²) >= 11 is 0. The summed E-state index contributed by atoms with van der Waals surface area (Å²) in [7, 11) is 0. The SMILES string of the molecule is O=C(O)C1CCCN(C(=O)C2C3CCCC32)C1. The van der Waals surface area contributed by atoms with Crippen molar-refractivity contribution >= 4 is 11.9 Å². The Hall–Kier alpha value is -1.06. The number of carbonyl (C=O) groups is 2. The van der Waals surface area contributed by atoms with Gasteiger partial charge >= 0.3 is 5.97 Å². The highest BCUT2D eigenvalue weighted by atomic mass is 16.4. The van der Waals surface area contributed by atoms with Gasteiger partial charge in [0.2, 0.25) is 5.91 Å². The monoisotopic (exact) mass is 237 g/mol. The molecule has 94 valence electrons. The van der Waals surface area contributed by atoms with Crippen molar-refractivity contribution in [1.29, 1.82) is 0 Å². The lowest BCUT2D eigenvalue weighted by Crippen LogP contribution is -2.43. The fourth-order valence-electron chi connectivity index (χ4n) is 3.78. The van der Waals surface area contributed by atoms with E-state index in [1.165, 1.54) is 19.3 Å². The lowest BCUT2D eigenvalue weighted by Gasteiger charge is -2.31. The number of likely N-dealkylation sites (tertiary alicyclic amines) is 1. The molecular weight excluding hydrogens is 218 g/mol. The molecule has 0 radical (unpaired) electrons. The second-order valence-corrected chi connectivity index (χ2v) is 5.75. The Bertz CT molecular complexity index is 345. The van der Waals surface area contributed by atoms with Crippen LogP contribution in [-0.4, -0.2) is 35.0 Å². The summed E-state index contributed by atoms with van der Waals surface area (Å²) in [5.74, 6) is 0.659. The highest BCUT2D eigenvalue weighted by Gasteiger charge is 2.57. The van der Waals surface area contributed by atoms with Crippen LogP contribution in [0.15, 0.2) is 0 Å². The maximum absolute atomic E-state index is 12.3. The topological polar surface area (TPSA) is 57.6 Å². The van der Waals surface area contributed by atoms with Crippen LogP contribution >= 0.6 is 0 Å². The molecule has 1 heterocycles. The number of aliphatic carboxylic acids is 1. The smallest absolute Gasteiger partial charge is 0.308 e. The molecule has 3 atom stereocenters. The van der Waals surface area contributed by atoms with Crippen molar-refractivity contribution in [2.75, 3.05) is 13.1 Å². The molecule has 0 bridgehead atoms. The quantitative estimate of drug-likeness (QED) is 0.788. The van der Waals surface area contributed by atoms with Gasteiger partial charge in [0, 0.05) is 19.0 Å². The van der Waals surface area contributed by atoms with Crippen molar-refractivity contribution in [3.8, 4) is 0 Å². The maximum Gasteiger partial charge on any atom is 0.308 e. The highest BCUT2D eigenvalue weighted by Crippen LogP contribution is 2.58. The highest BCUT2D eigenvalue weighted by molar-refractivity contribution is 5.83. The summed E-state index contributed by atoms with van der Waals surface area (Å²) in [6.07, 6.45) is 5.24. The van der Waals surface area contributed by atoms with Crippen LogP contribution in [-0.2, 0) is 9.59 Å². The summed E-state index contributed by atoms with van der Waals surface area (Å²) in [5, 5.41) is 9.02. The molecule has 0 spiro atoms. The fraction of sp³-hybridized carbons (Fsp3) is 0.846.